The average Bonchev–Trinajstić information content (AvgIpc) is 2.19. The second kappa shape index (κ2) is 4.63. The maximum Gasteiger partial charge on any atom is 0.268 e. The summed E-state index contributed by atoms with van der Waals surface area (Å²) >= 11 is 0. The molecule has 2 N–H and O–H groups in total. The lowest BCUT2D eigenvalue weighted by atomic mass is 10.2. The van der Waals surface area contributed by atoms with Crippen LogP contribution < -0.4 is 5.32 Å². The monoisotopic (exact) mass is 195 g/mol. The predicted octanol–water partition coefficient (Wildman–Crippen LogP) is -0.226. The number of carbonyl (C=O) groups excluding carboxylic acids is 1. The van der Waals surface area contributed by atoms with E-state index in [4.69, 9.17) is 10.4 Å². The third-order valence-electron chi connectivity index (χ3n) is 2.09. The topological polar surface area (TPSA) is 76.4 Å². The molecule has 14 heavy (non-hydrogen) atoms. The molecule has 0 aromatic carbocycles. The van der Waals surface area contributed by atoms with Gasteiger partial charge in [-0.25, -0.2) is 0 Å². The van der Waals surface area contributed by atoms with Gasteiger partial charge in [0, 0.05) is 26.2 Å². The van der Waals surface area contributed by atoms with Crippen LogP contribution in [0, 0.1) is 11.3 Å². The quantitative estimate of drug-likeness (QED) is 0.344. The van der Waals surface area contributed by atoms with Gasteiger partial charge in [-0.15, -0.1) is 0 Å². The Kier molecular flexibility index (Phi) is 3.48. The van der Waals surface area contributed by atoms with Crippen LogP contribution in [-0.2, 0) is 4.79 Å². The third kappa shape index (κ3) is 2.24. The van der Waals surface area contributed by atoms with Gasteiger partial charge in [0.15, 0.2) is 5.57 Å². The summed E-state index contributed by atoms with van der Waals surface area (Å²) in [6.45, 7) is 3.97. The molecule has 5 nitrogen and oxygen atoms in total. The molecule has 1 heterocycles. The van der Waals surface area contributed by atoms with Crippen LogP contribution >= 0.6 is 0 Å². The van der Waals surface area contributed by atoms with Crippen LogP contribution in [0.1, 0.15) is 6.92 Å². The zero-order chi connectivity index (χ0) is 10.6. The number of carbonyl (C=O) groups is 1. The van der Waals surface area contributed by atoms with Crippen LogP contribution in [0.5, 0.6) is 0 Å². The van der Waals surface area contributed by atoms with Crippen molar-refractivity contribution in [3.8, 4) is 6.07 Å². The number of nitrogens with zero attached hydrogens (tertiary/aromatic N) is 2. The zero-order valence-corrected chi connectivity index (χ0v) is 8.08. The van der Waals surface area contributed by atoms with Crippen molar-refractivity contribution in [1.82, 2.24) is 10.2 Å². The number of amides is 1. The molecular weight excluding hydrogens is 182 g/mol. The molecule has 1 aliphatic heterocycles. The summed E-state index contributed by atoms with van der Waals surface area (Å²) in [5, 5.41) is 20.9. The lowest BCUT2D eigenvalue weighted by molar-refractivity contribution is -0.127. The van der Waals surface area contributed by atoms with Gasteiger partial charge in [0.05, 0.1) is 0 Å². The minimum absolute atomic E-state index is 0.160. The first-order chi connectivity index (χ1) is 6.66. The number of rotatable bonds is 1. The molecule has 1 amide bonds. The number of allylic oxidation sites excluding steroid dienone is 1. The highest BCUT2D eigenvalue weighted by atomic mass is 16.3. The van der Waals surface area contributed by atoms with Crippen molar-refractivity contribution in [3.63, 3.8) is 0 Å². The SMILES string of the molecule is C/C(O)=C(/C#N)C(=O)N1CCNCC1. The minimum atomic E-state index is -0.381. The van der Waals surface area contributed by atoms with E-state index in [0.29, 0.717) is 13.1 Å². The van der Waals surface area contributed by atoms with Crippen molar-refractivity contribution in [2.24, 2.45) is 0 Å². The number of piperazine rings is 1. The van der Waals surface area contributed by atoms with E-state index in [-0.39, 0.29) is 17.2 Å². The Morgan fingerprint density at radius 3 is 2.50 bits per heavy atom. The molecule has 76 valence electrons. The summed E-state index contributed by atoms with van der Waals surface area (Å²) < 4.78 is 0. The molecule has 0 aliphatic carbocycles. The first-order valence-corrected chi connectivity index (χ1v) is 4.46. The number of hydrogen-bond donors (Lipinski definition) is 2. The molecule has 1 aliphatic rings. The van der Waals surface area contributed by atoms with Gasteiger partial charge in [0.2, 0.25) is 0 Å². The summed E-state index contributed by atoms with van der Waals surface area (Å²) in [5.41, 5.74) is -0.160. The Bertz CT molecular complexity index is 294. The highest BCUT2D eigenvalue weighted by molar-refractivity contribution is 5.97. The van der Waals surface area contributed by atoms with Gasteiger partial charge in [0.25, 0.3) is 5.91 Å². The van der Waals surface area contributed by atoms with Crippen molar-refractivity contribution in [2.75, 3.05) is 26.2 Å². The molecule has 0 spiro atoms. The van der Waals surface area contributed by atoms with E-state index < -0.39 is 0 Å². The van der Waals surface area contributed by atoms with Gasteiger partial charge < -0.3 is 15.3 Å². The maximum atomic E-state index is 11.6. The fourth-order valence-corrected chi connectivity index (χ4v) is 1.31. The summed E-state index contributed by atoms with van der Waals surface area (Å²) in [5.74, 6) is -0.593. The van der Waals surface area contributed by atoms with Crippen molar-refractivity contribution in [3.05, 3.63) is 11.3 Å². The van der Waals surface area contributed by atoms with Crippen molar-refractivity contribution >= 4 is 5.91 Å². The molecule has 0 saturated carbocycles. The number of aliphatic hydroxyl groups is 1. The third-order valence-corrected chi connectivity index (χ3v) is 2.09. The lowest BCUT2D eigenvalue weighted by Crippen LogP contribution is -2.46. The van der Waals surface area contributed by atoms with Crippen LogP contribution in [0.4, 0.5) is 0 Å². The fourth-order valence-electron chi connectivity index (χ4n) is 1.31. The van der Waals surface area contributed by atoms with Gasteiger partial charge >= 0.3 is 0 Å². The minimum Gasteiger partial charge on any atom is -0.511 e. The Morgan fingerprint density at radius 2 is 2.07 bits per heavy atom. The van der Waals surface area contributed by atoms with Crippen LogP contribution in [0.15, 0.2) is 11.3 Å². The van der Waals surface area contributed by atoms with Crippen molar-refractivity contribution in [1.29, 1.82) is 5.26 Å². The predicted molar refractivity (Wildman–Crippen MR) is 50.4 cm³/mol. The van der Waals surface area contributed by atoms with Crippen LogP contribution in [0.25, 0.3) is 0 Å². The molecule has 0 atom stereocenters. The van der Waals surface area contributed by atoms with E-state index >= 15 is 0 Å². The summed E-state index contributed by atoms with van der Waals surface area (Å²) in [7, 11) is 0. The molecule has 1 rings (SSSR count). The zero-order valence-electron chi connectivity index (χ0n) is 8.08. The van der Waals surface area contributed by atoms with E-state index in [1.807, 2.05) is 0 Å². The van der Waals surface area contributed by atoms with Gasteiger partial charge in [-0.2, -0.15) is 5.26 Å². The van der Waals surface area contributed by atoms with Crippen LogP contribution in [0.3, 0.4) is 0 Å². The van der Waals surface area contributed by atoms with E-state index in [2.05, 4.69) is 5.32 Å². The van der Waals surface area contributed by atoms with Crippen molar-refractivity contribution in [2.45, 2.75) is 6.92 Å². The van der Waals surface area contributed by atoms with E-state index in [1.165, 1.54) is 6.92 Å². The molecule has 0 aromatic heterocycles. The van der Waals surface area contributed by atoms with Gasteiger partial charge in [-0.1, -0.05) is 0 Å². The second-order valence-corrected chi connectivity index (χ2v) is 3.11. The molecule has 0 aromatic rings. The van der Waals surface area contributed by atoms with Gasteiger partial charge in [0.1, 0.15) is 11.8 Å². The fraction of sp³-hybridized carbons (Fsp3) is 0.556. The lowest BCUT2D eigenvalue weighted by Gasteiger charge is -2.27. The maximum absolute atomic E-state index is 11.6. The molecular formula is C9H13N3O2. The first-order valence-electron chi connectivity index (χ1n) is 4.46. The van der Waals surface area contributed by atoms with Gasteiger partial charge in [-0.3, -0.25) is 4.79 Å². The number of aliphatic hydroxyl groups excluding tert-OH is 1. The van der Waals surface area contributed by atoms with Crippen molar-refractivity contribution < 1.29 is 9.90 Å². The molecule has 1 saturated heterocycles. The number of nitriles is 1. The first kappa shape index (κ1) is 10.5. The van der Waals surface area contributed by atoms with E-state index in [1.54, 1.807) is 11.0 Å². The molecule has 5 heteroatoms. The normalized spacial score (nSPS) is 18.4. The molecule has 0 radical (unpaired) electrons. The standard InChI is InChI=1S/C9H13N3O2/c1-7(13)8(6-10)9(14)12-4-2-11-3-5-12/h11,13H,2-5H2,1H3/b8-7+. The molecule has 1 fully saturated rings. The number of hydrogen-bond acceptors (Lipinski definition) is 4. The Labute approximate surface area is 82.6 Å². The Morgan fingerprint density at radius 1 is 1.50 bits per heavy atom. The summed E-state index contributed by atoms with van der Waals surface area (Å²) in [4.78, 5) is 13.2. The van der Waals surface area contributed by atoms with Gasteiger partial charge in [-0.05, 0) is 6.92 Å². The van der Waals surface area contributed by atoms with Crippen LogP contribution in [-0.4, -0.2) is 42.1 Å². The Balaban J connectivity index is 2.73. The van der Waals surface area contributed by atoms with Crippen LogP contribution in [0.2, 0.25) is 0 Å². The Hall–Kier alpha value is -1.54. The summed E-state index contributed by atoms with van der Waals surface area (Å²) in [6, 6.07) is 1.72. The molecule has 0 unspecified atom stereocenters. The smallest absolute Gasteiger partial charge is 0.268 e. The largest absolute Gasteiger partial charge is 0.511 e. The summed E-state index contributed by atoms with van der Waals surface area (Å²) in [6.07, 6.45) is 0. The average molecular weight is 195 g/mol. The number of nitrogens with one attached hydrogen (secondary N) is 1. The highest BCUT2D eigenvalue weighted by Gasteiger charge is 2.21. The highest BCUT2D eigenvalue weighted by Crippen LogP contribution is 2.06. The van der Waals surface area contributed by atoms with E-state index in [9.17, 15) is 4.79 Å². The van der Waals surface area contributed by atoms with E-state index in [0.717, 1.165) is 13.1 Å². The molecule has 0 bridgehead atoms. The second-order valence-electron chi connectivity index (χ2n) is 3.11.